The van der Waals surface area contributed by atoms with Crippen molar-refractivity contribution in [3.05, 3.63) is 29.1 Å². The molecule has 1 N–H and O–H groups in total. The molecule has 2 saturated heterocycles. The maximum Gasteiger partial charge on any atom is 0.410 e. The van der Waals surface area contributed by atoms with Gasteiger partial charge in [0.25, 0.3) is 0 Å². The zero-order chi connectivity index (χ0) is 18.4. The number of nitrogens with zero attached hydrogens (tertiary/aromatic N) is 2. The standard InChI is InChI=1S/C20H30N2O3/c1-13-9-14(2)17(21-12-13)20(24)10-15-7-6-8-16(11-20)22(15)18(23)25-19(3,4)5/h9,12,15-16,24H,6-8,10-11H2,1-5H3. The maximum absolute atomic E-state index is 12.7. The molecule has 5 nitrogen and oxygen atoms in total. The molecule has 3 heterocycles. The highest BCUT2D eigenvalue weighted by Gasteiger charge is 2.50. The zero-order valence-corrected chi connectivity index (χ0v) is 16.0. The summed E-state index contributed by atoms with van der Waals surface area (Å²) in [6, 6.07) is 2.08. The molecule has 25 heavy (non-hydrogen) atoms. The second-order valence-electron chi connectivity index (χ2n) is 8.74. The molecule has 0 aliphatic carbocycles. The fourth-order valence-electron chi connectivity index (χ4n) is 4.44. The molecule has 1 aromatic rings. The van der Waals surface area contributed by atoms with Crippen molar-refractivity contribution >= 4 is 6.09 Å². The van der Waals surface area contributed by atoms with Gasteiger partial charge in [-0.3, -0.25) is 4.98 Å². The van der Waals surface area contributed by atoms with Gasteiger partial charge in [0.15, 0.2) is 0 Å². The Morgan fingerprint density at radius 1 is 1.28 bits per heavy atom. The lowest BCUT2D eigenvalue weighted by atomic mass is 9.73. The molecule has 3 rings (SSSR count). The third-order valence-electron chi connectivity index (χ3n) is 5.27. The second kappa shape index (κ2) is 6.27. The van der Waals surface area contributed by atoms with Crippen molar-refractivity contribution < 1.29 is 14.6 Å². The van der Waals surface area contributed by atoms with Crippen LogP contribution in [-0.2, 0) is 10.3 Å². The number of aliphatic hydroxyl groups is 1. The molecular formula is C20H30N2O3. The molecule has 2 unspecified atom stereocenters. The number of hydrogen-bond acceptors (Lipinski definition) is 4. The van der Waals surface area contributed by atoms with Crippen LogP contribution in [0.25, 0.3) is 0 Å². The fourth-order valence-corrected chi connectivity index (χ4v) is 4.44. The Balaban J connectivity index is 1.87. The summed E-state index contributed by atoms with van der Waals surface area (Å²) in [6.45, 7) is 9.68. The Kier molecular flexibility index (Phi) is 4.56. The molecule has 0 spiro atoms. The van der Waals surface area contributed by atoms with E-state index in [1.807, 2.05) is 45.7 Å². The van der Waals surface area contributed by atoms with E-state index in [9.17, 15) is 9.90 Å². The van der Waals surface area contributed by atoms with E-state index in [2.05, 4.69) is 11.1 Å². The molecular weight excluding hydrogens is 316 g/mol. The maximum atomic E-state index is 12.7. The molecule has 2 fully saturated rings. The van der Waals surface area contributed by atoms with E-state index < -0.39 is 11.2 Å². The van der Waals surface area contributed by atoms with Gasteiger partial charge < -0.3 is 14.7 Å². The van der Waals surface area contributed by atoms with Crippen molar-refractivity contribution in [1.82, 2.24) is 9.88 Å². The lowest BCUT2D eigenvalue weighted by Crippen LogP contribution is -2.59. The number of piperidine rings is 2. The van der Waals surface area contributed by atoms with E-state index in [1.54, 1.807) is 0 Å². The van der Waals surface area contributed by atoms with Crippen molar-refractivity contribution in [2.24, 2.45) is 0 Å². The Morgan fingerprint density at radius 2 is 1.88 bits per heavy atom. The van der Waals surface area contributed by atoms with Gasteiger partial charge in [-0.15, -0.1) is 0 Å². The summed E-state index contributed by atoms with van der Waals surface area (Å²) in [4.78, 5) is 19.1. The third kappa shape index (κ3) is 3.66. The van der Waals surface area contributed by atoms with Crippen LogP contribution >= 0.6 is 0 Å². The number of rotatable bonds is 1. The average Bonchev–Trinajstić information content (AvgIpc) is 2.43. The number of pyridine rings is 1. The summed E-state index contributed by atoms with van der Waals surface area (Å²) in [5.74, 6) is 0. The number of carbonyl (C=O) groups excluding carboxylic acids is 1. The normalized spacial score (nSPS) is 29.4. The van der Waals surface area contributed by atoms with Crippen LogP contribution in [0.15, 0.2) is 12.3 Å². The van der Waals surface area contributed by atoms with Crippen LogP contribution in [0.5, 0.6) is 0 Å². The zero-order valence-electron chi connectivity index (χ0n) is 16.0. The number of hydrogen-bond donors (Lipinski definition) is 1. The van der Waals surface area contributed by atoms with Gasteiger partial charge in [-0.2, -0.15) is 0 Å². The predicted molar refractivity (Wildman–Crippen MR) is 96.3 cm³/mol. The van der Waals surface area contributed by atoms with Crippen LogP contribution < -0.4 is 0 Å². The van der Waals surface area contributed by atoms with Crippen molar-refractivity contribution in [2.75, 3.05) is 0 Å². The molecule has 2 aliphatic rings. The lowest BCUT2D eigenvalue weighted by Gasteiger charge is -2.51. The first-order valence-corrected chi connectivity index (χ1v) is 9.26. The molecule has 5 heteroatoms. The van der Waals surface area contributed by atoms with Crippen molar-refractivity contribution in [1.29, 1.82) is 0 Å². The van der Waals surface area contributed by atoms with E-state index in [1.165, 1.54) is 0 Å². The molecule has 2 atom stereocenters. The molecule has 0 aromatic carbocycles. The first kappa shape index (κ1) is 18.2. The molecule has 0 radical (unpaired) electrons. The molecule has 1 amide bonds. The van der Waals surface area contributed by atoms with Gasteiger partial charge in [0, 0.05) is 31.1 Å². The lowest BCUT2D eigenvalue weighted by molar-refractivity contribution is -0.0987. The number of aryl methyl sites for hydroxylation is 2. The number of aromatic nitrogens is 1. The first-order chi connectivity index (χ1) is 11.6. The van der Waals surface area contributed by atoms with Crippen LogP contribution in [0.3, 0.4) is 0 Å². The summed E-state index contributed by atoms with van der Waals surface area (Å²) < 4.78 is 5.62. The summed E-state index contributed by atoms with van der Waals surface area (Å²) in [5, 5.41) is 11.4. The molecule has 2 aliphatic heterocycles. The van der Waals surface area contributed by atoms with Gasteiger partial charge in [0.1, 0.15) is 11.2 Å². The van der Waals surface area contributed by atoms with E-state index in [0.717, 1.165) is 36.1 Å². The molecule has 2 bridgehead atoms. The Morgan fingerprint density at radius 3 is 2.40 bits per heavy atom. The van der Waals surface area contributed by atoms with E-state index in [-0.39, 0.29) is 18.2 Å². The fraction of sp³-hybridized carbons (Fsp3) is 0.700. The van der Waals surface area contributed by atoms with Crippen LogP contribution in [0, 0.1) is 13.8 Å². The quantitative estimate of drug-likeness (QED) is 0.839. The topological polar surface area (TPSA) is 62.7 Å². The summed E-state index contributed by atoms with van der Waals surface area (Å²) in [5.41, 5.74) is 1.40. The monoisotopic (exact) mass is 346 g/mol. The Labute approximate surface area is 150 Å². The van der Waals surface area contributed by atoms with Gasteiger partial charge in [0.2, 0.25) is 0 Å². The molecule has 0 saturated carbocycles. The van der Waals surface area contributed by atoms with Crippen LogP contribution in [0.2, 0.25) is 0 Å². The Hall–Kier alpha value is -1.62. The highest BCUT2D eigenvalue weighted by molar-refractivity contribution is 5.69. The SMILES string of the molecule is Cc1cnc(C2(O)CC3CCCC(C2)N3C(=O)OC(C)(C)C)c(C)c1. The minimum absolute atomic E-state index is 0.00912. The van der Waals surface area contributed by atoms with Gasteiger partial charge >= 0.3 is 6.09 Å². The van der Waals surface area contributed by atoms with Gasteiger partial charge in [0.05, 0.1) is 5.69 Å². The van der Waals surface area contributed by atoms with Crippen LogP contribution in [0.4, 0.5) is 4.79 Å². The van der Waals surface area contributed by atoms with Crippen LogP contribution in [-0.4, -0.2) is 38.8 Å². The van der Waals surface area contributed by atoms with Crippen molar-refractivity contribution in [3.63, 3.8) is 0 Å². The van der Waals surface area contributed by atoms with Crippen molar-refractivity contribution in [2.45, 2.75) is 90.0 Å². The van der Waals surface area contributed by atoms with Crippen LogP contribution in [0.1, 0.15) is 69.7 Å². The molecule has 138 valence electrons. The van der Waals surface area contributed by atoms with Gasteiger partial charge in [-0.05, 0) is 65.0 Å². The van der Waals surface area contributed by atoms with E-state index in [4.69, 9.17) is 4.74 Å². The smallest absolute Gasteiger partial charge is 0.410 e. The molecule has 1 aromatic heterocycles. The highest BCUT2D eigenvalue weighted by atomic mass is 16.6. The van der Waals surface area contributed by atoms with Crippen molar-refractivity contribution in [3.8, 4) is 0 Å². The Bertz CT molecular complexity index is 651. The third-order valence-corrected chi connectivity index (χ3v) is 5.27. The van der Waals surface area contributed by atoms with E-state index in [0.29, 0.717) is 12.8 Å². The highest BCUT2D eigenvalue weighted by Crippen LogP contribution is 2.45. The number of amides is 1. The predicted octanol–water partition coefficient (Wildman–Crippen LogP) is 3.84. The minimum atomic E-state index is -0.966. The summed E-state index contributed by atoms with van der Waals surface area (Å²) in [6.07, 6.45) is 5.52. The summed E-state index contributed by atoms with van der Waals surface area (Å²) in [7, 11) is 0. The average molecular weight is 346 g/mol. The first-order valence-electron chi connectivity index (χ1n) is 9.26. The van der Waals surface area contributed by atoms with Gasteiger partial charge in [-0.1, -0.05) is 6.07 Å². The minimum Gasteiger partial charge on any atom is -0.444 e. The summed E-state index contributed by atoms with van der Waals surface area (Å²) >= 11 is 0. The number of carbonyl (C=O) groups is 1. The number of fused-ring (bicyclic) bond motifs is 2. The second-order valence-corrected chi connectivity index (χ2v) is 8.74. The number of ether oxygens (including phenoxy) is 1. The largest absolute Gasteiger partial charge is 0.444 e. The van der Waals surface area contributed by atoms with Gasteiger partial charge in [-0.25, -0.2) is 4.79 Å². The van der Waals surface area contributed by atoms with E-state index >= 15 is 0 Å².